The molecule has 0 N–H and O–H groups in total. The van der Waals surface area contributed by atoms with Crippen LogP contribution in [0, 0.1) is 0 Å². The summed E-state index contributed by atoms with van der Waals surface area (Å²) in [5.74, 6) is -2.34. The number of hydrogen-bond acceptors (Lipinski definition) is 8. The van der Waals surface area contributed by atoms with Crippen molar-refractivity contribution >= 4 is 17.9 Å². The van der Waals surface area contributed by atoms with Gasteiger partial charge in [-0.15, -0.1) is 0 Å². The van der Waals surface area contributed by atoms with Crippen LogP contribution in [-0.2, 0) is 33.3 Å². The Bertz CT molecular complexity index is 1450. The lowest BCUT2D eigenvalue weighted by Crippen LogP contribution is -2.44. The lowest BCUT2D eigenvalue weighted by Gasteiger charge is -2.26. The highest BCUT2D eigenvalue weighted by atomic mass is 16.7. The summed E-state index contributed by atoms with van der Waals surface area (Å²) >= 11 is 0. The molecule has 0 aliphatic rings. The van der Waals surface area contributed by atoms with E-state index in [4.69, 9.17) is 18.9 Å². The Balaban J connectivity index is 4.40. The van der Waals surface area contributed by atoms with E-state index >= 15 is 0 Å². The minimum Gasteiger partial charge on any atom is -0.545 e. The zero-order chi connectivity index (χ0) is 50.6. The number of hydrogen-bond donors (Lipinski definition) is 0. The van der Waals surface area contributed by atoms with Crippen molar-refractivity contribution in [1.82, 2.24) is 0 Å². The van der Waals surface area contributed by atoms with Gasteiger partial charge in [0.2, 0.25) is 0 Å². The number of allylic oxidation sites excluding steroid dienone is 16. The van der Waals surface area contributed by atoms with Gasteiger partial charge in [0.25, 0.3) is 0 Å². The topological polar surface area (TPSA) is 111 Å². The van der Waals surface area contributed by atoms with E-state index in [1.54, 1.807) is 0 Å². The number of carboxylic acid groups (broad SMARTS) is 1. The Kier molecular flexibility index (Phi) is 47.8. The molecule has 0 saturated heterocycles. The first kappa shape index (κ1) is 65.2. The second-order valence-electron chi connectivity index (χ2n) is 19.1. The highest BCUT2D eigenvalue weighted by Crippen LogP contribution is 2.14. The summed E-state index contributed by atoms with van der Waals surface area (Å²) in [6, 6.07) is 0. The number of nitrogens with zero attached hydrogens (tertiary/aromatic N) is 1. The molecule has 0 fully saturated rings. The quantitative estimate of drug-likeness (QED) is 0.0195. The zero-order valence-electron chi connectivity index (χ0n) is 44.6. The summed E-state index contributed by atoms with van der Waals surface area (Å²) in [6.07, 6.45) is 64.4. The average molecular weight is 964 g/mol. The molecule has 0 aliphatic heterocycles. The maximum absolute atomic E-state index is 12.8. The molecule has 0 radical (unpaired) electrons. The molecule has 9 nitrogen and oxygen atoms in total. The fourth-order valence-electron chi connectivity index (χ4n) is 7.10. The number of ether oxygens (including phenoxy) is 4. The van der Waals surface area contributed by atoms with Crippen LogP contribution in [0.3, 0.4) is 0 Å². The molecule has 0 spiro atoms. The first-order valence-electron chi connectivity index (χ1n) is 27.4. The minimum atomic E-state index is -1.64. The van der Waals surface area contributed by atoms with Crippen LogP contribution in [0.25, 0.3) is 0 Å². The average Bonchev–Trinajstić information content (AvgIpc) is 3.31. The molecule has 0 heterocycles. The van der Waals surface area contributed by atoms with E-state index in [0.29, 0.717) is 17.4 Å². The third kappa shape index (κ3) is 51.9. The van der Waals surface area contributed by atoms with Crippen molar-refractivity contribution in [2.45, 2.75) is 219 Å². The van der Waals surface area contributed by atoms with Gasteiger partial charge in [-0.05, 0) is 96.3 Å². The van der Waals surface area contributed by atoms with Gasteiger partial charge in [-0.3, -0.25) is 9.59 Å². The van der Waals surface area contributed by atoms with Gasteiger partial charge in [-0.2, -0.15) is 0 Å². The number of rotatable bonds is 49. The number of unbranched alkanes of at least 4 members (excludes halogenated alkanes) is 18. The Hall–Kier alpha value is -3.79. The second-order valence-corrected chi connectivity index (χ2v) is 19.1. The highest BCUT2D eigenvalue weighted by molar-refractivity contribution is 5.70. The maximum atomic E-state index is 12.8. The molecule has 0 aromatic carbocycles. The minimum absolute atomic E-state index is 0.135. The second kappa shape index (κ2) is 50.6. The standard InChI is InChI=1S/C60H101NO8/c1-6-8-10-12-14-16-18-20-22-24-26-27-28-29-30-31-33-35-37-39-41-43-45-47-49-51-58(63)69-56(55-68-60(59(64)65)66-53-52-61(3,4)5)54-67-57(62)50-48-46-44-42-40-38-36-34-32-25-23-21-19-17-15-13-11-9-7-2/h8,10,14,16,20-23,26-27,29-30,33,35,39,41,56,60H,6-7,9,11-13,15,17-19,24-25,28,31-32,34,36-38,40,42-55H2,1-5H3/b10-8-,16-14-,22-20-,23-21-,27-26-,30-29-,35-33-,41-39-. The molecule has 0 aliphatic carbocycles. The predicted molar refractivity (Wildman–Crippen MR) is 287 cm³/mol. The van der Waals surface area contributed by atoms with Crippen molar-refractivity contribution in [3.8, 4) is 0 Å². The smallest absolute Gasteiger partial charge is 0.306 e. The SMILES string of the molecule is CC/C=C\C/C=C\C/C=C\C/C=C\C/C=C\C/C=C\C/C=C\CCCCCC(=O)OC(COC(=O)CCCCCCCCCCC/C=C\CCCCCCCC)COC(OCC[N+](C)(C)C)C(=O)[O-]. The van der Waals surface area contributed by atoms with Crippen molar-refractivity contribution in [3.63, 3.8) is 0 Å². The Morgan fingerprint density at radius 1 is 0.449 bits per heavy atom. The van der Waals surface area contributed by atoms with Gasteiger partial charge in [-0.25, -0.2) is 0 Å². The summed E-state index contributed by atoms with van der Waals surface area (Å²) in [7, 11) is 5.90. The number of carbonyl (C=O) groups is 3. The van der Waals surface area contributed by atoms with E-state index in [1.807, 2.05) is 21.1 Å². The summed E-state index contributed by atoms with van der Waals surface area (Å²) in [4.78, 5) is 37.2. The van der Waals surface area contributed by atoms with Crippen molar-refractivity contribution in [2.24, 2.45) is 0 Å². The molecule has 0 amide bonds. The van der Waals surface area contributed by atoms with Crippen LogP contribution in [-0.4, -0.2) is 82.3 Å². The summed E-state index contributed by atoms with van der Waals surface area (Å²) < 4.78 is 22.6. The monoisotopic (exact) mass is 964 g/mol. The largest absolute Gasteiger partial charge is 0.545 e. The third-order valence-corrected chi connectivity index (χ3v) is 11.3. The molecule has 0 bridgehead atoms. The lowest BCUT2D eigenvalue weighted by molar-refractivity contribution is -0.870. The number of carbonyl (C=O) groups excluding carboxylic acids is 3. The van der Waals surface area contributed by atoms with Crippen molar-refractivity contribution in [3.05, 3.63) is 97.2 Å². The predicted octanol–water partition coefficient (Wildman–Crippen LogP) is 14.4. The van der Waals surface area contributed by atoms with Crippen LogP contribution in [0.4, 0.5) is 0 Å². The normalized spacial score (nSPS) is 13.6. The number of quaternary nitrogens is 1. The molecular formula is C60H101NO8. The van der Waals surface area contributed by atoms with E-state index in [9.17, 15) is 19.5 Å². The number of likely N-dealkylation sites (N-methyl/N-ethyl adjacent to an activating group) is 1. The molecule has 2 atom stereocenters. The number of esters is 2. The zero-order valence-corrected chi connectivity index (χ0v) is 44.6. The van der Waals surface area contributed by atoms with Crippen molar-refractivity contribution < 1.29 is 42.9 Å². The van der Waals surface area contributed by atoms with Crippen LogP contribution in [0.2, 0.25) is 0 Å². The van der Waals surface area contributed by atoms with E-state index in [0.717, 1.165) is 83.5 Å². The molecule has 0 aromatic rings. The van der Waals surface area contributed by atoms with Crippen LogP contribution in [0.5, 0.6) is 0 Å². The van der Waals surface area contributed by atoms with E-state index < -0.39 is 24.3 Å². The van der Waals surface area contributed by atoms with E-state index in [1.165, 1.54) is 89.9 Å². The van der Waals surface area contributed by atoms with Gasteiger partial charge < -0.3 is 33.3 Å². The van der Waals surface area contributed by atoms with Gasteiger partial charge >= 0.3 is 11.9 Å². The molecule has 0 aromatic heterocycles. The van der Waals surface area contributed by atoms with Crippen molar-refractivity contribution in [2.75, 3.05) is 47.5 Å². The summed E-state index contributed by atoms with van der Waals surface area (Å²) in [5, 5.41) is 11.8. The van der Waals surface area contributed by atoms with Crippen LogP contribution in [0.15, 0.2) is 97.2 Å². The number of carboxylic acids is 1. The fraction of sp³-hybridized carbons (Fsp3) is 0.683. The van der Waals surface area contributed by atoms with Gasteiger partial charge in [0.05, 0.1) is 40.3 Å². The highest BCUT2D eigenvalue weighted by Gasteiger charge is 2.22. The summed E-state index contributed by atoms with van der Waals surface area (Å²) in [6.45, 7) is 4.58. The molecular weight excluding hydrogens is 863 g/mol. The van der Waals surface area contributed by atoms with Gasteiger partial charge in [0, 0.05) is 12.8 Å². The van der Waals surface area contributed by atoms with Crippen LogP contribution in [0.1, 0.15) is 206 Å². The third-order valence-electron chi connectivity index (χ3n) is 11.3. The molecule has 69 heavy (non-hydrogen) atoms. The van der Waals surface area contributed by atoms with E-state index in [-0.39, 0.29) is 38.6 Å². The Morgan fingerprint density at radius 2 is 0.826 bits per heavy atom. The van der Waals surface area contributed by atoms with Crippen molar-refractivity contribution in [1.29, 1.82) is 0 Å². The van der Waals surface area contributed by atoms with Gasteiger partial charge in [0.15, 0.2) is 12.4 Å². The fourth-order valence-corrected chi connectivity index (χ4v) is 7.10. The molecule has 2 unspecified atom stereocenters. The molecule has 394 valence electrons. The maximum Gasteiger partial charge on any atom is 0.306 e. The lowest BCUT2D eigenvalue weighted by atomic mass is 10.1. The van der Waals surface area contributed by atoms with Gasteiger partial charge in [-0.1, -0.05) is 195 Å². The van der Waals surface area contributed by atoms with Crippen LogP contribution < -0.4 is 5.11 Å². The van der Waals surface area contributed by atoms with Crippen LogP contribution >= 0.6 is 0 Å². The first-order chi connectivity index (χ1) is 33.6. The van der Waals surface area contributed by atoms with Gasteiger partial charge in [0.1, 0.15) is 13.2 Å². The molecule has 9 heteroatoms. The molecule has 0 saturated carbocycles. The Labute approximate surface area is 422 Å². The summed E-state index contributed by atoms with van der Waals surface area (Å²) in [5.41, 5.74) is 0. The first-order valence-corrected chi connectivity index (χ1v) is 27.4. The Morgan fingerprint density at radius 3 is 1.26 bits per heavy atom. The van der Waals surface area contributed by atoms with E-state index in [2.05, 4.69) is 111 Å². The molecule has 0 rings (SSSR count). The number of aliphatic carboxylic acids is 1.